The molecule has 3 rings (SSSR count). The van der Waals surface area contributed by atoms with E-state index in [1.807, 2.05) is 61.5 Å². The van der Waals surface area contributed by atoms with Crippen LogP contribution < -0.4 is 21.3 Å². The summed E-state index contributed by atoms with van der Waals surface area (Å²) in [5.41, 5.74) is 2.38. The standard InChI is InChI=1S/C38H58N4O7S/c1-20(2)13-26(17-43)40-34(46)29(14-21(3)4)41-35(47)30(15-22(5)6)42-36(48)31(39-25(9)44)19-50-18-28-23(7)16-27-32(28)24(8)38(11-12-38)37(10,49)33(27)45/h16-17,20-22,26,29-31,49H,11-15,18-19H2,1-10H3,(H,39,44)(H,40,46)(H,41,47)(H,42,48)/t26?,29?,30?,31?,37-/m0/s1. The average molecular weight is 715 g/mol. The lowest BCUT2D eigenvalue weighted by molar-refractivity contribution is -0.137. The zero-order valence-corrected chi connectivity index (χ0v) is 32.3. The molecule has 0 aromatic heterocycles. The molecule has 0 saturated heterocycles. The van der Waals surface area contributed by atoms with Crippen LogP contribution in [0.25, 0.3) is 0 Å². The highest BCUT2D eigenvalue weighted by Gasteiger charge is 2.65. The molecule has 0 aromatic carbocycles. The molecule has 0 aromatic rings. The first kappa shape index (κ1) is 41.2. The third-order valence-electron chi connectivity index (χ3n) is 9.99. The SMILES string of the molecule is CC(=O)NC(CSCC1=C(C)C=C2C(=O)[C@](C)(O)C3(CC3)C(C)=C21)C(=O)NC(CC(C)C)C(=O)NC(CC(C)C)C(=O)NC(C=O)CC(C)C. The summed E-state index contributed by atoms with van der Waals surface area (Å²) in [5, 5.41) is 22.3. The van der Waals surface area contributed by atoms with Crippen molar-refractivity contribution in [3.8, 4) is 0 Å². The van der Waals surface area contributed by atoms with E-state index in [2.05, 4.69) is 21.3 Å². The molecule has 1 saturated carbocycles. The van der Waals surface area contributed by atoms with E-state index >= 15 is 0 Å². The number of Topliss-reactive ketones (excluding diaryl/α,β-unsaturated/α-hetero) is 1. The summed E-state index contributed by atoms with van der Waals surface area (Å²) in [4.78, 5) is 77.8. The van der Waals surface area contributed by atoms with Gasteiger partial charge in [-0.15, -0.1) is 0 Å². The van der Waals surface area contributed by atoms with Crippen LogP contribution in [0, 0.1) is 23.2 Å². The summed E-state index contributed by atoms with van der Waals surface area (Å²) >= 11 is 1.44. The van der Waals surface area contributed by atoms with Crippen molar-refractivity contribution >= 4 is 47.5 Å². The fraction of sp³-hybridized carbons (Fsp3) is 0.684. The number of allylic oxidation sites excluding steroid dienone is 3. The normalized spacial score (nSPS) is 21.9. The summed E-state index contributed by atoms with van der Waals surface area (Å²) in [5.74, 6) is -1.21. The van der Waals surface area contributed by atoms with Gasteiger partial charge in [0.2, 0.25) is 23.6 Å². The van der Waals surface area contributed by atoms with Gasteiger partial charge in [-0.3, -0.25) is 24.0 Å². The van der Waals surface area contributed by atoms with E-state index in [9.17, 15) is 33.9 Å². The van der Waals surface area contributed by atoms with Crippen molar-refractivity contribution in [2.75, 3.05) is 11.5 Å². The molecule has 1 spiro atoms. The lowest BCUT2D eigenvalue weighted by atomic mass is 9.67. The first-order valence-corrected chi connectivity index (χ1v) is 19.0. The van der Waals surface area contributed by atoms with Gasteiger partial charge in [-0.25, -0.2) is 0 Å². The van der Waals surface area contributed by atoms with Crippen LogP contribution in [-0.4, -0.2) is 82.1 Å². The van der Waals surface area contributed by atoms with Gasteiger partial charge in [-0.05, 0) is 93.4 Å². The van der Waals surface area contributed by atoms with Gasteiger partial charge in [0.1, 0.15) is 30.0 Å². The van der Waals surface area contributed by atoms with Crippen molar-refractivity contribution in [1.82, 2.24) is 21.3 Å². The molecule has 0 heterocycles. The number of amides is 4. The zero-order chi connectivity index (χ0) is 37.7. The van der Waals surface area contributed by atoms with Crippen LogP contribution in [-0.2, 0) is 28.8 Å². The number of carbonyl (C=O) groups is 6. The Balaban J connectivity index is 1.74. The summed E-state index contributed by atoms with van der Waals surface area (Å²) in [7, 11) is 0. The molecule has 0 radical (unpaired) electrons. The van der Waals surface area contributed by atoms with Gasteiger partial charge < -0.3 is 31.2 Å². The molecule has 4 amide bonds. The van der Waals surface area contributed by atoms with Crippen LogP contribution in [0.2, 0.25) is 0 Å². The van der Waals surface area contributed by atoms with Gasteiger partial charge in [0.15, 0.2) is 5.78 Å². The number of fused-ring (bicyclic) bond motifs is 1. The number of ketones is 1. The molecule has 0 aliphatic heterocycles. The van der Waals surface area contributed by atoms with Crippen LogP contribution in [0.15, 0.2) is 33.9 Å². The minimum Gasteiger partial charge on any atom is -0.381 e. The zero-order valence-electron chi connectivity index (χ0n) is 31.5. The number of aldehydes is 1. The molecule has 278 valence electrons. The minimum atomic E-state index is -1.44. The van der Waals surface area contributed by atoms with E-state index in [1.165, 1.54) is 18.7 Å². The number of hydrogen-bond acceptors (Lipinski definition) is 8. The highest BCUT2D eigenvalue weighted by atomic mass is 32.2. The molecule has 11 nitrogen and oxygen atoms in total. The topological polar surface area (TPSA) is 171 Å². The number of thioether (sulfide) groups is 1. The van der Waals surface area contributed by atoms with Gasteiger partial charge in [-0.2, -0.15) is 11.8 Å². The van der Waals surface area contributed by atoms with Crippen molar-refractivity contribution in [3.05, 3.63) is 33.9 Å². The Bertz CT molecular complexity index is 1450. The van der Waals surface area contributed by atoms with Crippen LogP contribution in [0.3, 0.4) is 0 Å². The summed E-state index contributed by atoms with van der Waals surface area (Å²) in [6.07, 6.45) is 5.15. The van der Waals surface area contributed by atoms with Crippen molar-refractivity contribution in [1.29, 1.82) is 0 Å². The van der Waals surface area contributed by atoms with Crippen molar-refractivity contribution in [2.45, 2.75) is 131 Å². The summed E-state index contributed by atoms with van der Waals surface area (Å²) < 4.78 is 0. The second-order valence-electron chi connectivity index (χ2n) is 15.7. The first-order valence-electron chi connectivity index (χ1n) is 17.9. The van der Waals surface area contributed by atoms with Gasteiger partial charge in [0.25, 0.3) is 0 Å². The fourth-order valence-corrected chi connectivity index (χ4v) is 8.36. The maximum Gasteiger partial charge on any atom is 0.244 e. The number of carbonyl (C=O) groups excluding carboxylic acids is 6. The molecular weight excluding hydrogens is 657 g/mol. The van der Waals surface area contributed by atoms with E-state index in [0.29, 0.717) is 36.9 Å². The van der Waals surface area contributed by atoms with Crippen LogP contribution in [0.5, 0.6) is 0 Å². The number of hydrogen-bond donors (Lipinski definition) is 5. The second-order valence-corrected chi connectivity index (χ2v) is 16.8. The molecule has 3 aliphatic carbocycles. The van der Waals surface area contributed by atoms with Crippen LogP contribution in [0.4, 0.5) is 0 Å². The third-order valence-corrected chi connectivity index (χ3v) is 11.1. The van der Waals surface area contributed by atoms with E-state index < -0.39 is 58.8 Å². The summed E-state index contributed by atoms with van der Waals surface area (Å²) in [6, 6.07) is -3.51. The number of aliphatic hydroxyl groups is 1. The van der Waals surface area contributed by atoms with Gasteiger partial charge in [-0.1, -0.05) is 47.1 Å². The quantitative estimate of drug-likeness (QED) is 0.134. The minimum absolute atomic E-state index is 0.0201. The molecule has 1 fully saturated rings. The lowest BCUT2D eigenvalue weighted by Gasteiger charge is -2.39. The second kappa shape index (κ2) is 16.8. The Hall–Kier alpha value is -3.25. The lowest BCUT2D eigenvalue weighted by Crippen LogP contribution is -2.58. The molecule has 3 aliphatic rings. The van der Waals surface area contributed by atoms with Crippen molar-refractivity contribution in [2.24, 2.45) is 23.2 Å². The van der Waals surface area contributed by atoms with Crippen LogP contribution >= 0.6 is 11.8 Å². The number of nitrogens with one attached hydrogen (secondary N) is 4. The Morgan fingerprint density at radius 3 is 1.80 bits per heavy atom. The Kier molecular flexibility index (Phi) is 13.9. The Labute approximate surface area is 301 Å². The number of rotatable bonds is 18. The molecule has 5 atom stereocenters. The largest absolute Gasteiger partial charge is 0.381 e. The summed E-state index contributed by atoms with van der Waals surface area (Å²) in [6.45, 7) is 18.5. The van der Waals surface area contributed by atoms with E-state index in [-0.39, 0.29) is 29.3 Å². The Morgan fingerprint density at radius 2 is 1.34 bits per heavy atom. The van der Waals surface area contributed by atoms with E-state index in [4.69, 9.17) is 0 Å². The molecule has 50 heavy (non-hydrogen) atoms. The first-order chi connectivity index (χ1) is 23.2. The molecule has 0 bridgehead atoms. The van der Waals surface area contributed by atoms with Gasteiger partial charge in [0, 0.05) is 29.4 Å². The molecule has 5 N–H and O–H groups in total. The highest BCUT2D eigenvalue weighted by molar-refractivity contribution is 7.99. The third kappa shape index (κ3) is 9.54. The molecule has 12 heteroatoms. The highest BCUT2D eigenvalue weighted by Crippen LogP contribution is 2.65. The monoisotopic (exact) mass is 714 g/mol. The van der Waals surface area contributed by atoms with Crippen molar-refractivity contribution in [3.63, 3.8) is 0 Å². The molecule has 4 unspecified atom stereocenters. The van der Waals surface area contributed by atoms with Crippen molar-refractivity contribution < 1.29 is 33.9 Å². The maximum atomic E-state index is 13.7. The fourth-order valence-electron chi connectivity index (χ4n) is 7.20. The predicted molar refractivity (Wildman–Crippen MR) is 196 cm³/mol. The van der Waals surface area contributed by atoms with Crippen LogP contribution in [0.1, 0.15) is 101 Å². The molecular formula is C38H58N4O7S. The van der Waals surface area contributed by atoms with Gasteiger partial charge in [0.05, 0.1) is 6.04 Å². The van der Waals surface area contributed by atoms with E-state index in [1.54, 1.807) is 6.92 Å². The smallest absolute Gasteiger partial charge is 0.244 e. The Morgan fingerprint density at radius 1 is 0.840 bits per heavy atom. The predicted octanol–water partition coefficient (Wildman–Crippen LogP) is 3.70. The average Bonchev–Trinajstić information content (AvgIpc) is 3.76. The van der Waals surface area contributed by atoms with Gasteiger partial charge >= 0.3 is 0 Å². The maximum absolute atomic E-state index is 13.7. The van der Waals surface area contributed by atoms with E-state index in [0.717, 1.165) is 35.1 Å².